The molecule has 4 nitrogen and oxygen atoms in total. The number of sulfonamides is 1. The maximum atomic E-state index is 12.7. The Kier molecular flexibility index (Phi) is 4.70. The van der Waals surface area contributed by atoms with Crippen LogP contribution in [0.5, 0.6) is 0 Å². The summed E-state index contributed by atoms with van der Waals surface area (Å²) in [6, 6.07) is 5.00. The summed E-state index contributed by atoms with van der Waals surface area (Å²) in [6.07, 6.45) is 4.15. The van der Waals surface area contributed by atoms with Crippen molar-refractivity contribution < 1.29 is 8.42 Å². The van der Waals surface area contributed by atoms with E-state index in [4.69, 9.17) is 5.73 Å². The highest BCUT2D eigenvalue weighted by atomic mass is 32.2. The van der Waals surface area contributed by atoms with Crippen molar-refractivity contribution in [1.82, 2.24) is 4.31 Å². The van der Waals surface area contributed by atoms with E-state index in [0.717, 1.165) is 31.2 Å². The molecule has 0 amide bonds. The van der Waals surface area contributed by atoms with Gasteiger partial charge in [0.1, 0.15) is 0 Å². The van der Waals surface area contributed by atoms with E-state index in [0.29, 0.717) is 29.6 Å². The number of rotatable bonds is 3. The number of anilines is 1. The lowest BCUT2D eigenvalue weighted by atomic mass is 9.98. The van der Waals surface area contributed by atoms with Crippen molar-refractivity contribution in [2.75, 3.05) is 18.8 Å². The van der Waals surface area contributed by atoms with E-state index >= 15 is 0 Å². The first-order chi connectivity index (χ1) is 9.45. The van der Waals surface area contributed by atoms with Crippen LogP contribution >= 0.6 is 0 Å². The molecule has 1 aliphatic heterocycles. The standard InChI is InChI=1S/C15H24N2O2S/c1-3-13-5-4-9-17(10-8-13)20(18,19)14-7-6-12(2)15(16)11-14/h6-7,11,13H,3-5,8-10,16H2,1-2H3. The fourth-order valence-electron chi connectivity index (χ4n) is 2.72. The van der Waals surface area contributed by atoms with Crippen LogP contribution in [0.2, 0.25) is 0 Å². The maximum absolute atomic E-state index is 12.7. The molecule has 1 unspecified atom stereocenters. The Morgan fingerprint density at radius 3 is 2.70 bits per heavy atom. The molecule has 0 bridgehead atoms. The molecule has 1 aliphatic rings. The van der Waals surface area contributed by atoms with Gasteiger partial charge < -0.3 is 5.73 Å². The SMILES string of the molecule is CCC1CCCN(S(=O)(=O)c2ccc(C)c(N)c2)CC1. The zero-order chi connectivity index (χ0) is 14.8. The van der Waals surface area contributed by atoms with Gasteiger partial charge in [0, 0.05) is 18.8 Å². The Morgan fingerprint density at radius 1 is 1.30 bits per heavy atom. The van der Waals surface area contributed by atoms with Crippen LogP contribution in [0.3, 0.4) is 0 Å². The van der Waals surface area contributed by atoms with Crippen molar-refractivity contribution in [3.63, 3.8) is 0 Å². The highest BCUT2D eigenvalue weighted by Crippen LogP contribution is 2.26. The summed E-state index contributed by atoms with van der Waals surface area (Å²) < 4.78 is 27.0. The zero-order valence-electron chi connectivity index (χ0n) is 12.3. The fraction of sp³-hybridized carbons (Fsp3) is 0.600. The van der Waals surface area contributed by atoms with Crippen LogP contribution in [0.1, 0.15) is 38.2 Å². The Morgan fingerprint density at radius 2 is 2.05 bits per heavy atom. The molecule has 112 valence electrons. The molecule has 0 aromatic heterocycles. The second-order valence-electron chi connectivity index (χ2n) is 5.63. The monoisotopic (exact) mass is 296 g/mol. The second-order valence-corrected chi connectivity index (χ2v) is 7.57. The fourth-order valence-corrected chi connectivity index (χ4v) is 4.24. The number of hydrogen-bond acceptors (Lipinski definition) is 3. The van der Waals surface area contributed by atoms with Gasteiger partial charge in [0.05, 0.1) is 4.90 Å². The van der Waals surface area contributed by atoms with Crippen molar-refractivity contribution >= 4 is 15.7 Å². The minimum Gasteiger partial charge on any atom is -0.398 e. The van der Waals surface area contributed by atoms with Crippen molar-refractivity contribution in [1.29, 1.82) is 0 Å². The maximum Gasteiger partial charge on any atom is 0.243 e. The summed E-state index contributed by atoms with van der Waals surface area (Å²) in [6.45, 7) is 5.29. The minimum absolute atomic E-state index is 0.315. The Balaban J connectivity index is 2.23. The van der Waals surface area contributed by atoms with Crippen molar-refractivity contribution in [2.45, 2.75) is 44.4 Å². The third kappa shape index (κ3) is 3.15. The van der Waals surface area contributed by atoms with Gasteiger partial charge in [-0.3, -0.25) is 0 Å². The third-order valence-electron chi connectivity index (χ3n) is 4.27. The summed E-state index contributed by atoms with van der Waals surface area (Å²) >= 11 is 0. The van der Waals surface area contributed by atoms with E-state index < -0.39 is 10.0 Å². The van der Waals surface area contributed by atoms with Gasteiger partial charge in [-0.1, -0.05) is 19.4 Å². The van der Waals surface area contributed by atoms with Crippen molar-refractivity contribution in [3.05, 3.63) is 23.8 Å². The topological polar surface area (TPSA) is 63.4 Å². The first-order valence-electron chi connectivity index (χ1n) is 7.31. The number of hydrogen-bond donors (Lipinski definition) is 1. The molecule has 2 N–H and O–H groups in total. The zero-order valence-corrected chi connectivity index (χ0v) is 13.1. The molecule has 0 radical (unpaired) electrons. The van der Waals surface area contributed by atoms with Crippen LogP contribution in [-0.2, 0) is 10.0 Å². The summed E-state index contributed by atoms with van der Waals surface area (Å²) in [5.41, 5.74) is 7.28. The first kappa shape index (κ1) is 15.3. The molecule has 5 heteroatoms. The van der Waals surface area contributed by atoms with Crippen LogP contribution in [-0.4, -0.2) is 25.8 Å². The van der Waals surface area contributed by atoms with E-state index in [1.165, 1.54) is 0 Å². The third-order valence-corrected chi connectivity index (χ3v) is 6.17. The molecule has 1 aromatic carbocycles. The summed E-state index contributed by atoms with van der Waals surface area (Å²) in [5, 5.41) is 0. The molecule has 1 aromatic rings. The molecule has 0 saturated carbocycles. The van der Waals surface area contributed by atoms with Gasteiger partial charge in [-0.05, 0) is 49.8 Å². The van der Waals surface area contributed by atoms with Crippen LogP contribution < -0.4 is 5.73 Å². The van der Waals surface area contributed by atoms with Crippen LogP contribution in [0.25, 0.3) is 0 Å². The summed E-state index contributed by atoms with van der Waals surface area (Å²) in [5.74, 6) is 0.651. The Hall–Kier alpha value is -1.07. The second kappa shape index (κ2) is 6.14. The lowest BCUT2D eigenvalue weighted by Crippen LogP contribution is -2.32. The molecule has 2 rings (SSSR count). The van der Waals surface area contributed by atoms with Crippen molar-refractivity contribution in [3.8, 4) is 0 Å². The van der Waals surface area contributed by atoms with E-state index in [-0.39, 0.29) is 0 Å². The molecule has 1 fully saturated rings. The highest BCUT2D eigenvalue weighted by Gasteiger charge is 2.27. The molecule has 0 aliphatic carbocycles. The van der Waals surface area contributed by atoms with Crippen LogP contribution in [0.4, 0.5) is 5.69 Å². The quantitative estimate of drug-likeness (QED) is 0.872. The molecular formula is C15H24N2O2S. The number of aryl methyl sites for hydroxylation is 1. The number of nitrogens with zero attached hydrogens (tertiary/aromatic N) is 1. The van der Waals surface area contributed by atoms with Crippen LogP contribution in [0, 0.1) is 12.8 Å². The first-order valence-corrected chi connectivity index (χ1v) is 8.75. The Bertz CT molecular complexity index is 569. The van der Waals surface area contributed by atoms with Gasteiger partial charge in [0.2, 0.25) is 10.0 Å². The molecule has 20 heavy (non-hydrogen) atoms. The number of nitrogens with two attached hydrogens (primary N) is 1. The average Bonchev–Trinajstić information content (AvgIpc) is 2.67. The van der Waals surface area contributed by atoms with E-state index in [9.17, 15) is 8.42 Å². The van der Waals surface area contributed by atoms with Gasteiger partial charge in [-0.15, -0.1) is 0 Å². The van der Waals surface area contributed by atoms with E-state index in [1.807, 2.05) is 6.92 Å². The normalized spacial score (nSPS) is 21.6. The van der Waals surface area contributed by atoms with Gasteiger partial charge in [0.15, 0.2) is 0 Å². The highest BCUT2D eigenvalue weighted by molar-refractivity contribution is 7.89. The van der Waals surface area contributed by atoms with Gasteiger partial charge >= 0.3 is 0 Å². The lowest BCUT2D eigenvalue weighted by Gasteiger charge is -2.20. The number of nitrogen functional groups attached to an aromatic ring is 1. The van der Waals surface area contributed by atoms with E-state index in [2.05, 4.69) is 6.92 Å². The van der Waals surface area contributed by atoms with Gasteiger partial charge in [-0.25, -0.2) is 8.42 Å². The Labute approximate surface area is 122 Å². The molecule has 1 saturated heterocycles. The van der Waals surface area contributed by atoms with Crippen molar-refractivity contribution in [2.24, 2.45) is 5.92 Å². The average molecular weight is 296 g/mol. The summed E-state index contributed by atoms with van der Waals surface area (Å²) in [7, 11) is -3.40. The lowest BCUT2D eigenvalue weighted by molar-refractivity contribution is 0.407. The number of benzene rings is 1. The molecular weight excluding hydrogens is 272 g/mol. The van der Waals surface area contributed by atoms with E-state index in [1.54, 1.807) is 22.5 Å². The van der Waals surface area contributed by atoms with Gasteiger partial charge in [0.25, 0.3) is 0 Å². The predicted octanol–water partition coefficient (Wildman–Crippen LogP) is 2.78. The molecule has 1 atom stereocenters. The smallest absolute Gasteiger partial charge is 0.243 e. The molecule has 0 spiro atoms. The van der Waals surface area contributed by atoms with Gasteiger partial charge in [-0.2, -0.15) is 4.31 Å². The molecule has 1 heterocycles. The predicted molar refractivity (Wildman–Crippen MR) is 82.0 cm³/mol. The largest absolute Gasteiger partial charge is 0.398 e. The minimum atomic E-state index is -3.40. The summed E-state index contributed by atoms with van der Waals surface area (Å²) in [4.78, 5) is 0.315. The van der Waals surface area contributed by atoms with Crippen LogP contribution in [0.15, 0.2) is 23.1 Å².